The molecule has 1 aromatic rings. The lowest BCUT2D eigenvalue weighted by Crippen LogP contribution is -2.01. The zero-order valence-corrected chi connectivity index (χ0v) is 11.1. The van der Waals surface area contributed by atoms with Gasteiger partial charge in [0, 0.05) is 0 Å². The Balaban J connectivity index is 2.93. The van der Waals surface area contributed by atoms with Crippen LogP contribution in [0.15, 0.2) is 12.1 Å². The van der Waals surface area contributed by atoms with Crippen molar-refractivity contribution in [2.45, 2.75) is 32.6 Å². The second-order valence-corrected chi connectivity index (χ2v) is 4.08. The van der Waals surface area contributed by atoms with E-state index >= 15 is 0 Å². The molecule has 0 atom stereocenters. The van der Waals surface area contributed by atoms with Gasteiger partial charge in [-0.25, -0.2) is 0 Å². The highest BCUT2D eigenvalue weighted by Gasteiger charge is 2.09. The quantitative estimate of drug-likeness (QED) is 0.741. The maximum Gasteiger partial charge on any atom is 0.161 e. The lowest BCUT2D eigenvalue weighted by molar-refractivity contribution is 0.354. The zero-order chi connectivity index (χ0) is 12.7. The molecule has 3 nitrogen and oxygen atoms in total. The molecular formula is C14H23NO2. The van der Waals surface area contributed by atoms with Gasteiger partial charge in [0.15, 0.2) is 11.5 Å². The van der Waals surface area contributed by atoms with E-state index in [1.54, 1.807) is 14.2 Å². The molecule has 17 heavy (non-hydrogen) atoms. The van der Waals surface area contributed by atoms with Gasteiger partial charge in [0.1, 0.15) is 0 Å². The maximum absolute atomic E-state index is 5.52. The summed E-state index contributed by atoms with van der Waals surface area (Å²) >= 11 is 0. The first kappa shape index (κ1) is 13.8. The first-order valence-corrected chi connectivity index (χ1v) is 6.20. The molecule has 0 aliphatic carbocycles. The summed E-state index contributed by atoms with van der Waals surface area (Å²) in [6.07, 6.45) is 4.26. The molecule has 0 spiro atoms. The summed E-state index contributed by atoms with van der Waals surface area (Å²) in [4.78, 5) is 0. The van der Waals surface area contributed by atoms with Crippen LogP contribution in [0.5, 0.6) is 11.5 Å². The summed E-state index contributed by atoms with van der Waals surface area (Å²) in [6, 6.07) is 4.17. The van der Waals surface area contributed by atoms with E-state index in [1.807, 2.05) is 0 Å². The first-order valence-electron chi connectivity index (χ1n) is 6.20. The van der Waals surface area contributed by atoms with Gasteiger partial charge in [-0.1, -0.05) is 6.92 Å². The highest BCUT2D eigenvalue weighted by Crippen LogP contribution is 2.31. The number of unbranched alkanes of at least 4 members (excludes halogenated alkanes) is 1. The van der Waals surface area contributed by atoms with Gasteiger partial charge in [-0.15, -0.1) is 0 Å². The van der Waals surface area contributed by atoms with Crippen LogP contribution in [0.3, 0.4) is 0 Å². The number of ether oxygens (including phenoxy) is 2. The SMILES string of the molecule is CCc1cc(OC)c(OC)cc1CCCCN. The number of methoxy groups -OCH3 is 2. The van der Waals surface area contributed by atoms with Gasteiger partial charge in [-0.2, -0.15) is 0 Å². The minimum Gasteiger partial charge on any atom is -0.493 e. The Bertz CT molecular complexity index is 350. The number of hydrogen-bond acceptors (Lipinski definition) is 3. The molecule has 0 unspecified atom stereocenters. The summed E-state index contributed by atoms with van der Waals surface area (Å²) in [5.41, 5.74) is 8.20. The van der Waals surface area contributed by atoms with Gasteiger partial charge in [0.05, 0.1) is 14.2 Å². The summed E-state index contributed by atoms with van der Waals surface area (Å²) in [5, 5.41) is 0. The van der Waals surface area contributed by atoms with Crippen LogP contribution in [0.4, 0.5) is 0 Å². The van der Waals surface area contributed by atoms with Crippen LogP contribution in [0.25, 0.3) is 0 Å². The van der Waals surface area contributed by atoms with Crippen LogP contribution in [0.2, 0.25) is 0 Å². The normalized spacial score (nSPS) is 10.4. The smallest absolute Gasteiger partial charge is 0.161 e. The van der Waals surface area contributed by atoms with E-state index in [-0.39, 0.29) is 0 Å². The molecule has 0 aliphatic heterocycles. The fourth-order valence-electron chi connectivity index (χ4n) is 1.98. The molecule has 0 saturated heterocycles. The minimum absolute atomic E-state index is 0.759. The van der Waals surface area contributed by atoms with E-state index in [2.05, 4.69) is 19.1 Å². The van der Waals surface area contributed by atoms with Crippen molar-refractivity contribution < 1.29 is 9.47 Å². The van der Waals surface area contributed by atoms with Crippen molar-refractivity contribution in [2.75, 3.05) is 20.8 Å². The molecular weight excluding hydrogens is 214 g/mol. The van der Waals surface area contributed by atoms with Crippen molar-refractivity contribution >= 4 is 0 Å². The predicted molar refractivity (Wildman–Crippen MR) is 70.9 cm³/mol. The largest absolute Gasteiger partial charge is 0.493 e. The molecule has 3 heteroatoms. The fourth-order valence-corrected chi connectivity index (χ4v) is 1.98. The van der Waals surface area contributed by atoms with Crippen molar-refractivity contribution in [3.63, 3.8) is 0 Å². The van der Waals surface area contributed by atoms with E-state index in [0.29, 0.717) is 0 Å². The minimum atomic E-state index is 0.759. The lowest BCUT2D eigenvalue weighted by atomic mass is 9.99. The second-order valence-electron chi connectivity index (χ2n) is 4.08. The van der Waals surface area contributed by atoms with Gasteiger partial charge in [-0.05, 0) is 55.5 Å². The Kier molecular flexibility index (Phi) is 5.84. The standard InChI is InChI=1S/C14H23NO2/c1-4-11-9-13(16-2)14(17-3)10-12(11)7-5-6-8-15/h9-10H,4-8,15H2,1-3H3. The Morgan fingerprint density at radius 3 is 2.06 bits per heavy atom. The van der Waals surface area contributed by atoms with Crippen LogP contribution in [0.1, 0.15) is 30.9 Å². The van der Waals surface area contributed by atoms with Crippen molar-refractivity contribution in [3.05, 3.63) is 23.3 Å². The molecule has 0 aliphatic rings. The molecule has 1 aromatic carbocycles. The summed E-state index contributed by atoms with van der Waals surface area (Å²) in [6.45, 7) is 2.92. The molecule has 0 saturated carbocycles. The van der Waals surface area contributed by atoms with Crippen molar-refractivity contribution in [2.24, 2.45) is 5.73 Å². The monoisotopic (exact) mass is 237 g/mol. The number of hydrogen-bond donors (Lipinski definition) is 1. The van der Waals surface area contributed by atoms with Crippen LogP contribution < -0.4 is 15.2 Å². The summed E-state index contributed by atoms with van der Waals surface area (Å²) in [5.74, 6) is 1.62. The highest BCUT2D eigenvalue weighted by molar-refractivity contribution is 5.47. The number of nitrogens with two attached hydrogens (primary N) is 1. The van der Waals surface area contributed by atoms with Crippen molar-refractivity contribution in [3.8, 4) is 11.5 Å². The maximum atomic E-state index is 5.52. The molecule has 2 N–H and O–H groups in total. The third-order valence-electron chi connectivity index (χ3n) is 2.99. The molecule has 1 rings (SSSR count). The van der Waals surface area contributed by atoms with E-state index in [4.69, 9.17) is 15.2 Å². The molecule has 0 bridgehead atoms. The highest BCUT2D eigenvalue weighted by atomic mass is 16.5. The van der Waals surface area contributed by atoms with Crippen molar-refractivity contribution in [1.82, 2.24) is 0 Å². The van der Waals surface area contributed by atoms with Crippen LogP contribution in [-0.2, 0) is 12.8 Å². The fraction of sp³-hybridized carbons (Fsp3) is 0.571. The Labute approximate surface area is 104 Å². The molecule has 0 heterocycles. The third-order valence-corrected chi connectivity index (χ3v) is 2.99. The summed E-state index contributed by atoms with van der Waals surface area (Å²) in [7, 11) is 3.35. The van der Waals surface area contributed by atoms with Gasteiger partial charge < -0.3 is 15.2 Å². The number of benzene rings is 1. The van der Waals surface area contributed by atoms with Crippen LogP contribution in [-0.4, -0.2) is 20.8 Å². The van der Waals surface area contributed by atoms with Gasteiger partial charge in [-0.3, -0.25) is 0 Å². The predicted octanol–water partition coefficient (Wildman–Crippen LogP) is 2.55. The summed E-state index contributed by atoms with van der Waals surface area (Å²) < 4.78 is 10.6. The molecule has 0 aromatic heterocycles. The van der Waals surface area contributed by atoms with E-state index in [0.717, 1.165) is 43.7 Å². The topological polar surface area (TPSA) is 44.5 Å². The van der Waals surface area contributed by atoms with Gasteiger partial charge in [0.25, 0.3) is 0 Å². The second kappa shape index (κ2) is 7.17. The van der Waals surface area contributed by atoms with Gasteiger partial charge in [0.2, 0.25) is 0 Å². The Hall–Kier alpha value is -1.22. The number of rotatable bonds is 7. The molecule has 0 radical (unpaired) electrons. The average Bonchev–Trinajstić information content (AvgIpc) is 2.38. The molecule has 0 fully saturated rings. The van der Waals surface area contributed by atoms with E-state index in [1.165, 1.54) is 11.1 Å². The van der Waals surface area contributed by atoms with Crippen LogP contribution >= 0.6 is 0 Å². The first-order chi connectivity index (χ1) is 8.26. The molecule has 96 valence electrons. The molecule has 0 amide bonds. The van der Waals surface area contributed by atoms with Crippen molar-refractivity contribution in [1.29, 1.82) is 0 Å². The average molecular weight is 237 g/mol. The van der Waals surface area contributed by atoms with Crippen LogP contribution in [0, 0.1) is 0 Å². The zero-order valence-electron chi connectivity index (χ0n) is 11.1. The lowest BCUT2D eigenvalue weighted by Gasteiger charge is -2.14. The number of aryl methyl sites for hydroxylation is 2. The Morgan fingerprint density at radius 1 is 1.00 bits per heavy atom. The third kappa shape index (κ3) is 3.63. The Morgan fingerprint density at radius 2 is 1.59 bits per heavy atom. The van der Waals surface area contributed by atoms with Gasteiger partial charge >= 0.3 is 0 Å². The van der Waals surface area contributed by atoms with E-state index in [9.17, 15) is 0 Å². The van der Waals surface area contributed by atoms with E-state index < -0.39 is 0 Å².